The first-order valence-electron chi connectivity index (χ1n) is 3.92. The van der Waals surface area contributed by atoms with Gasteiger partial charge in [0.05, 0.1) is 0 Å². The van der Waals surface area contributed by atoms with Crippen molar-refractivity contribution in [2.24, 2.45) is 0 Å². The zero-order valence-electron chi connectivity index (χ0n) is 7.16. The number of hydrogen-bond acceptors (Lipinski definition) is 3. The predicted octanol–water partition coefficient (Wildman–Crippen LogP) is 2.49. The van der Waals surface area contributed by atoms with E-state index in [9.17, 15) is 0 Å². The Bertz CT molecular complexity index is 498. The first-order chi connectivity index (χ1) is 6.79. The fourth-order valence-corrected chi connectivity index (χ4v) is 1.21. The van der Waals surface area contributed by atoms with Crippen LogP contribution in [0.2, 0.25) is 5.02 Å². The number of oxazole rings is 1. The summed E-state index contributed by atoms with van der Waals surface area (Å²) in [7, 11) is 0. The van der Waals surface area contributed by atoms with Crippen LogP contribution in [0.1, 0.15) is 0 Å². The quantitative estimate of drug-likeness (QED) is 0.710. The van der Waals surface area contributed by atoms with Gasteiger partial charge < -0.3 is 9.15 Å². The largest absolute Gasteiger partial charge is 0.437 e. The average molecular weight is 208 g/mol. The molecule has 0 aliphatic heterocycles. The minimum atomic E-state index is 0.139. The van der Waals surface area contributed by atoms with Crippen molar-refractivity contribution in [1.82, 2.24) is 4.98 Å². The molecule has 0 amide bonds. The number of nitrogens with zero attached hydrogens (tertiary/aromatic N) is 1. The second-order valence-corrected chi connectivity index (χ2v) is 3.02. The van der Waals surface area contributed by atoms with Gasteiger partial charge >= 0.3 is 6.08 Å². The van der Waals surface area contributed by atoms with Gasteiger partial charge in [0.1, 0.15) is 5.52 Å². The molecule has 3 nitrogen and oxygen atoms in total. The van der Waals surface area contributed by atoms with Crippen LogP contribution in [0.4, 0.5) is 0 Å². The van der Waals surface area contributed by atoms with Crippen LogP contribution in [-0.2, 0) is 0 Å². The molecular weight excluding hydrogens is 202 g/mol. The Hall–Kier alpha value is -1.66. The molecule has 14 heavy (non-hydrogen) atoms. The van der Waals surface area contributed by atoms with Crippen molar-refractivity contribution in [2.45, 2.75) is 0 Å². The van der Waals surface area contributed by atoms with E-state index >= 15 is 0 Å². The first kappa shape index (κ1) is 8.92. The molecule has 2 rings (SSSR count). The molecule has 0 fully saturated rings. The summed E-state index contributed by atoms with van der Waals surface area (Å²) in [6.45, 7) is 0.139. The second-order valence-electron chi connectivity index (χ2n) is 2.58. The van der Waals surface area contributed by atoms with Crippen molar-refractivity contribution in [2.75, 3.05) is 6.61 Å². The molecule has 0 radical (unpaired) electrons. The van der Waals surface area contributed by atoms with Crippen LogP contribution < -0.4 is 4.74 Å². The first-order valence-corrected chi connectivity index (χ1v) is 4.30. The number of hydrogen-bond donors (Lipinski definition) is 0. The van der Waals surface area contributed by atoms with Gasteiger partial charge in [0.2, 0.25) is 0 Å². The molecule has 0 aliphatic rings. The number of aromatic nitrogens is 1. The molecule has 1 aromatic heterocycles. The molecule has 0 unspecified atom stereocenters. The zero-order chi connectivity index (χ0) is 9.97. The number of terminal acetylenes is 1. The van der Waals surface area contributed by atoms with Crippen molar-refractivity contribution in [3.63, 3.8) is 0 Å². The SMILES string of the molecule is C#CCOc1nc2cc(Cl)ccc2o1. The molecule has 4 heteroatoms. The van der Waals surface area contributed by atoms with Gasteiger partial charge in [-0.05, 0) is 18.2 Å². The normalized spacial score (nSPS) is 10.0. The van der Waals surface area contributed by atoms with E-state index in [1.807, 2.05) is 0 Å². The topological polar surface area (TPSA) is 35.3 Å². The summed E-state index contributed by atoms with van der Waals surface area (Å²) in [6.07, 6.45) is 5.20. The lowest BCUT2D eigenvalue weighted by Crippen LogP contribution is -1.92. The zero-order valence-corrected chi connectivity index (χ0v) is 7.91. The highest BCUT2D eigenvalue weighted by molar-refractivity contribution is 6.31. The Balaban J connectivity index is 2.37. The minimum absolute atomic E-state index is 0.139. The van der Waals surface area contributed by atoms with Crippen molar-refractivity contribution < 1.29 is 9.15 Å². The maximum Gasteiger partial charge on any atom is 0.395 e. The van der Waals surface area contributed by atoms with E-state index in [2.05, 4.69) is 10.9 Å². The molecule has 70 valence electrons. The molecule has 0 atom stereocenters. The smallest absolute Gasteiger partial charge is 0.395 e. The molecule has 0 N–H and O–H groups in total. The summed E-state index contributed by atoms with van der Waals surface area (Å²) in [4.78, 5) is 4.04. The number of halogens is 1. The lowest BCUT2D eigenvalue weighted by atomic mass is 10.3. The van der Waals surface area contributed by atoms with E-state index in [4.69, 9.17) is 27.2 Å². The molecule has 0 aliphatic carbocycles. The number of ether oxygens (including phenoxy) is 1. The van der Waals surface area contributed by atoms with E-state index < -0.39 is 0 Å². The minimum Gasteiger partial charge on any atom is -0.437 e. The van der Waals surface area contributed by atoms with Crippen LogP contribution >= 0.6 is 11.6 Å². The number of rotatable bonds is 2. The summed E-state index contributed by atoms with van der Waals surface area (Å²) >= 11 is 5.78. The van der Waals surface area contributed by atoms with Gasteiger partial charge in [0.15, 0.2) is 12.2 Å². The third kappa shape index (κ3) is 1.66. The van der Waals surface area contributed by atoms with Gasteiger partial charge in [-0.15, -0.1) is 6.42 Å². The summed E-state index contributed by atoms with van der Waals surface area (Å²) in [5, 5.41) is 0.606. The molecule has 0 saturated heterocycles. The van der Waals surface area contributed by atoms with Gasteiger partial charge in [-0.1, -0.05) is 17.5 Å². The van der Waals surface area contributed by atoms with Gasteiger partial charge in [0, 0.05) is 5.02 Å². The van der Waals surface area contributed by atoms with Crippen LogP contribution in [0, 0.1) is 12.3 Å². The lowest BCUT2D eigenvalue weighted by Gasteiger charge is -1.90. The Kier molecular flexibility index (Phi) is 2.30. The fraction of sp³-hybridized carbons (Fsp3) is 0.100. The van der Waals surface area contributed by atoms with Crippen molar-refractivity contribution in [3.8, 4) is 18.4 Å². The van der Waals surface area contributed by atoms with Crippen molar-refractivity contribution >= 4 is 22.7 Å². The highest BCUT2D eigenvalue weighted by atomic mass is 35.5. The number of fused-ring (bicyclic) bond motifs is 1. The third-order valence-electron chi connectivity index (χ3n) is 1.61. The molecule has 1 heterocycles. The molecule has 0 bridgehead atoms. The molecule has 2 aromatic rings. The number of benzene rings is 1. The van der Waals surface area contributed by atoms with Crippen molar-refractivity contribution in [3.05, 3.63) is 23.2 Å². The standard InChI is InChI=1S/C10H6ClNO2/c1-2-5-13-10-12-8-6-7(11)3-4-9(8)14-10/h1,3-4,6H,5H2. The molecule has 0 spiro atoms. The fourth-order valence-electron chi connectivity index (χ4n) is 1.04. The predicted molar refractivity (Wildman–Crippen MR) is 53.3 cm³/mol. The third-order valence-corrected chi connectivity index (χ3v) is 1.84. The second kappa shape index (κ2) is 3.60. The Morgan fingerprint density at radius 3 is 3.21 bits per heavy atom. The Labute approximate surface area is 85.6 Å². The van der Waals surface area contributed by atoms with Gasteiger partial charge in [-0.25, -0.2) is 0 Å². The monoisotopic (exact) mass is 207 g/mol. The Morgan fingerprint density at radius 2 is 2.43 bits per heavy atom. The van der Waals surface area contributed by atoms with Gasteiger partial charge in [-0.2, -0.15) is 4.98 Å². The summed E-state index contributed by atoms with van der Waals surface area (Å²) in [6, 6.07) is 5.15. The average Bonchev–Trinajstić information content (AvgIpc) is 2.56. The highest BCUT2D eigenvalue weighted by Crippen LogP contribution is 2.23. The van der Waals surface area contributed by atoms with Gasteiger partial charge in [-0.3, -0.25) is 0 Å². The van der Waals surface area contributed by atoms with Gasteiger partial charge in [0.25, 0.3) is 0 Å². The van der Waals surface area contributed by atoms with Crippen LogP contribution in [0.25, 0.3) is 11.1 Å². The molecular formula is C10H6ClNO2. The lowest BCUT2D eigenvalue weighted by molar-refractivity contribution is 0.271. The maximum atomic E-state index is 5.78. The molecule has 0 saturated carbocycles. The Morgan fingerprint density at radius 1 is 1.57 bits per heavy atom. The maximum absolute atomic E-state index is 5.78. The summed E-state index contributed by atoms with van der Waals surface area (Å²) < 4.78 is 10.3. The van der Waals surface area contributed by atoms with E-state index in [-0.39, 0.29) is 12.7 Å². The van der Waals surface area contributed by atoms with E-state index in [0.717, 1.165) is 0 Å². The van der Waals surface area contributed by atoms with Crippen LogP contribution in [-0.4, -0.2) is 11.6 Å². The van der Waals surface area contributed by atoms with Crippen molar-refractivity contribution in [1.29, 1.82) is 0 Å². The summed E-state index contributed by atoms with van der Waals surface area (Å²) in [5.74, 6) is 2.32. The van der Waals surface area contributed by atoms with Crippen LogP contribution in [0.15, 0.2) is 22.6 Å². The van der Waals surface area contributed by atoms with Crippen LogP contribution in [0.5, 0.6) is 6.08 Å². The van der Waals surface area contributed by atoms with E-state index in [1.54, 1.807) is 18.2 Å². The summed E-state index contributed by atoms with van der Waals surface area (Å²) in [5.41, 5.74) is 1.28. The highest BCUT2D eigenvalue weighted by Gasteiger charge is 2.05. The van der Waals surface area contributed by atoms with E-state index in [1.165, 1.54) is 0 Å². The molecule has 1 aromatic carbocycles. The van der Waals surface area contributed by atoms with E-state index in [0.29, 0.717) is 16.1 Å². The van der Waals surface area contributed by atoms with Crippen LogP contribution in [0.3, 0.4) is 0 Å².